The van der Waals surface area contributed by atoms with Gasteiger partial charge in [-0.1, -0.05) is 30.0 Å². The van der Waals surface area contributed by atoms with Crippen LogP contribution < -0.4 is 0 Å². The summed E-state index contributed by atoms with van der Waals surface area (Å²) >= 11 is 3.03. The van der Waals surface area contributed by atoms with Crippen molar-refractivity contribution in [1.82, 2.24) is 0 Å². The SMILES string of the molecule is O=C(O)CSc1ccc(Sc2ccccc2)cc1. The second kappa shape index (κ2) is 6.52. The molecule has 0 saturated carbocycles. The molecule has 0 spiro atoms. The van der Waals surface area contributed by atoms with Gasteiger partial charge in [0.2, 0.25) is 0 Å². The van der Waals surface area contributed by atoms with E-state index in [-0.39, 0.29) is 5.75 Å². The zero-order valence-electron chi connectivity index (χ0n) is 9.58. The van der Waals surface area contributed by atoms with Crippen molar-refractivity contribution in [1.29, 1.82) is 0 Å². The monoisotopic (exact) mass is 276 g/mol. The van der Waals surface area contributed by atoms with Gasteiger partial charge in [-0.25, -0.2) is 0 Å². The molecule has 0 aliphatic carbocycles. The fraction of sp³-hybridized carbons (Fsp3) is 0.0714. The zero-order valence-corrected chi connectivity index (χ0v) is 11.2. The number of hydrogen-bond acceptors (Lipinski definition) is 3. The Morgan fingerprint density at radius 3 is 2.06 bits per heavy atom. The summed E-state index contributed by atoms with van der Waals surface area (Å²) in [6, 6.07) is 18.1. The lowest BCUT2D eigenvalue weighted by Crippen LogP contribution is -1.97. The quantitative estimate of drug-likeness (QED) is 0.837. The maximum absolute atomic E-state index is 10.5. The van der Waals surface area contributed by atoms with E-state index in [2.05, 4.69) is 12.1 Å². The Kier molecular flexibility index (Phi) is 4.73. The van der Waals surface area contributed by atoms with E-state index >= 15 is 0 Å². The molecule has 0 fully saturated rings. The molecule has 4 heteroatoms. The van der Waals surface area contributed by atoms with Crippen molar-refractivity contribution >= 4 is 29.5 Å². The Morgan fingerprint density at radius 1 is 0.889 bits per heavy atom. The van der Waals surface area contributed by atoms with Crippen LogP contribution in [0.4, 0.5) is 0 Å². The Hall–Kier alpha value is -1.39. The predicted molar refractivity (Wildman–Crippen MR) is 75.4 cm³/mol. The highest BCUT2D eigenvalue weighted by molar-refractivity contribution is 8.00. The lowest BCUT2D eigenvalue weighted by atomic mass is 10.4. The van der Waals surface area contributed by atoms with Crippen molar-refractivity contribution in [3.8, 4) is 0 Å². The predicted octanol–water partition coefficient (Wildman–Crippen LogP) is 4.01. The van der Waals surface area contributed by atoms with Gasteiger partial charge in [0.1, 0.15) is 0 Å². The summed E-state index contributed by atoms with van der Waals surface area (Å²) in [5, 5.41) is 8.60. The van der Waals surface area contributed by atoms with Crippen LogP contribution in [-0.2, 0) is 4.79 Å². The molecule has 0 saturated heterocycles. The number of thioether (sulfide) groups is 1. The molecule has 92 valence electrons. The van der Waals surface area contributed by atoms with Gasteiger partial charge in [-0.2, -0.15) is 0 Å². The molecule has 0 amide bonds. The van der Waals surface area contributed by atoms with Gasteiger partial charge in [-0.05, 0) is 36.4 Å². The number of aliphatic carboxylic acids is 1. The topological polar surface area (TPSA) is 37.3 Å². The van der Waals surface area contributed by atoms with Gasteiger partial charge >= 0.3 is 5.97 Å². The number of carbonyl (C=O) groups is 1. The van der Waals surface area contributed by atoms with Crippen LogP contribution in [0.1, 0.15) is 0 Å². The normalized spacial score (nSPS) is 10.2. The molecule has 18 heavy (non-hydrogen) atoms. The first-order valence-electron chi connectivity index (χ1n) is 5.41. The van der Waals surface area contributed by atoms with Crippen LogP contribution in [-0.4, -0.2) is 16.8 Å². The second-order valence-electron chi connectivity index (χ2n) is 3.57. The molecule has 0 aliphatic heterocycles. The number of benzene rings is 2. The molecular formula is C14H12O2S2. The molecule has 0 radical (unpaired) electrons. The summed E-state index contributed by atoms with van der Waals surface area (Å²) < 4.78 is 0. The lowest BCUT2D eigenvalue weighted by Gasteiger charge is -2.03. The first kappa shape index (κ1) is 13.1. The van der Waals surface area contributed by atoms with Crippen LogP contribution in [0.2, 0.25) is 0 Å². The van der Waals surface area contributed by atoms with E-state index in [1.54, 1.807) is 11.8 Å². The minimum absolute atomic E-state index is 0.102. The van der Waals surface area contributed by atoms with Gasteiger partial charge < -0.3 is 5.11 Å². The fourth-order valence-electron chi connectivity index (χ4n) is 1.37. The molecule has 2 rings (SSSR count). The first-order valence-corrected chi connectivity index (χ1v) is 7.22. The Morgan fingerprint density at radius 2 is 1.44 bits per heavy atom. The van der Waals surface area contributed by atoms with E-state index in [1.165, 1.54) is 16.7 Å². The number of hydrogen-bond donors (Lipinski definition) is 1. The van der Waals surface area contributed by atoms with Crippen molar-refractivity contribution in [2.75, 3.05) is 5.75 Å². The Bertz CT molecular complexity index is 509. The van der Waals surface area contributed by atoms with Crippen LogP contribution in [0.3, 0.4) is 0 Å². The van der Waals surface area contributed by atoms with Crippen LogP contribution in [0.25, 0.3) is 0 Å². The van der Waals surface area contributed by atoms with Gasteiger partial charge in [-0.15, -0.1) is 11.8 Å². The van der Waals surface area contributed by atoms with Crippen molar-refractivity contribution < 1.29 is 9.90 Å². The molecule has 0 unspecified atom stereocenters. The minimum Gasteiger partial charge on any atom is -0.481 e. The van der Waals surface area contributed by atoms with Gasteiger partial charge in [-0.3, -0.25) is 4.79 Å². The summed E-state index contributed by atoms with van der Waals surface area (Å²) in [6.45, 7) is 0. The Balaban J connectivity index is 1.97. The molecule has 0 aliphatic rings. The molecule has 0 bridgehead atoms. The van der Waals surface area contributed by atoms with E-state index < -0.39 is 5.97 Å². The smallest absolute Gasteiger partial charge is 0.313 e. The highest BCUT2D eigenvalue weighted by atomic mass is 32.2. The van der Waals surface area contributed by atoms with Gasteiger partial charge in [0.25, 0.3) is 0 Å². The number of rotatable bonds is 5. The molecule has 2 aromatic carbocycles. The van der Waals surface area contributed by atoms with Crippen LogP contribution >= 0.6 is 23.5 Å². The summed E-state index contributed by atoms with van der Waals surface area (Å²) in [7, 11) is 0. The van der Waals surface area contributed by atoms with Crippen LogP contribution in [0, 0.1) is 0 Å². The summed E-state index contributed by atoms with van der Waals surface area (Å²) in [5.74, 6) is -0.687. The van der Waals surface area contributed by atoms with E-state index in [0.29, 0.717) is 0 Å². The molecular weight excluding hydrogens is 264 g/mol. The molecule has 1 N–H and O–H groups in total. The van der Waals surface area contributed by atoms with Crippen LogP contribution in [0.15, 0.2) is 69.3 Å². The maximum atomic E-state index is 10.5. The largest absolute Gasteiger partial charge is 0.481 e. The lowest BCUT2D eigenvalue weighted by molar-refractivity contribution is -0.133. The molecule has 0 aromatic heterocycles. The highest BCUT2D eigenvalue weighted by Gasteiger charge is 2.01. The van der Waals surface area contributed by atoms with Crippen molar-refractivity contribution in [3.63, 3.8) is 0 Å². The third-order valence-electron chi connectivity index (χ3n) is 2.16. The second-order valence-corrected chi connectivity index (χ2v) is 5.76. The van der Waals surface area contributed by atoms with Crippen LogP contribution in [0.5, 0.6) is 0 Å². The molecule has 0 heterocycles. The molecule has 2 aromatic rings. The molecule has 2 nitrogen and oxygen atoms in total. The highest BCUT2D eigenvalue weighted by Crippen LogP contribution is 2.29. The third-order valence-corrected chi connectivity index (χ3v) is 4.18. The van der Waals surface area contributed by atoms with E-state index in [1.807, 2.05) is 42.5 Å². The van der Waals surface area contributed by atoms with E-state index in [0.717, 1.165) is 9.79 Å². The van der Waals surface area contributed by atoms with E-state index in [9.17, 15) is 4.79 Å². The number of carboxylic acids is 1. The van der Waals surface area contributed by atoms with E-state index in [4.69, 9.17) is 5.11 Å². The average Bonchev–Trinajstić information content (AvgIpc) is 2.39. The number of carboxylic acid groups (broad SMARTS) is 1. The first-order chi connectivity index (χ1) is 8.74. The van der Waals surface area contributed by atoms with Crippen molar-refractivity contribution in [2.24, 2.45) is 0 Å². The zero-order chi connectivity index (χ0) is 12.8. The molecule has 0 atom stereocenters. The Labute approximate surface area is 114 Å². The average molecular weight is 276 g/mol. The minimum atomic E-state index is -0.789. The summed E-state index contributed by atoms with van der Waals surface area (Å²) in [4.78, 5) is 13.8. The van der Waals surface area contributed by atoms with Gasteiger partial charge in [0.15, 0.2) is 0 Å². The maximum Gasteiger partial charge on any atom is 0.313 e. The van der Waals surface area contributed by atoms with Crippen molar-refractivity contribution in [2.45, 2.75) is 14.7 Å². The fourth-order valence-corrected chi connectivity index (χ4v) is 2.83. The summed E-state index contributed by atoms with van der Waals surface area (Å²) in [5.41, 5.74) is 0. The van der Waals surface area contributed by atoms with Gasteiger partial charge in [0.05, 0.1) is 5.75 Å². The third kappa shape index (κ3) is 4.13. The van der Waals surface area contributed by atoms with Crippen molar-refractivity contribution in [3.05, 3.63) is 54.6 Å². The van der Waals surface area contributed by atoms with Gasteiger partial charge in [0, 0.05) is 14.7 Å². The standard InChI is InChI=1S/C14H12O2S2/c15-14(16)10-17-11-6-8-13(9-7-11)18-12-4-2-1-3-5-12/h1-9H,10H2,(H,15,16). The summed E-state index contributed by atoms with van der Waals surface area (Å²) in [6.07, 6.45) is 0.